The van der Waals surface area contributed by atoms with Crippen molar-refractivity contribution in [2.24, 2.45) is 0 Å². The molecule has 0 aliphatic rings. The van der Waals surface area contributed by atoms with E-state index in [4.69, 9.17) is 5.11 Å². The van der Waals surface area contributed by atoms with E-state index >= 15 is 0 Å². The summed E-state index contributed by atoms with van der Waals surface area (Å²) in [6.07, 6.45) is 2.09. The van der Waals surface area contributed by atoms with E-state index in [0.29, 0.717) is 5.69 Å². The lowest BCUT2D eigenvalue weighted by atomic mass is 10.3. The number of phenols is 1. The van der Waals surface area contributed by atoms with Crippen molar-refractivity contribution in [2.45, 2.75) is 0 Å². The first-order valence-electron chi connectivity index (χ1n) is 3.99. The minimum absolute atomic E-state index is 0.113. The van der Waals surface area contributed by atoms with E-state index in [-0.39, 0.29) is 5.75 Å². The van der Waals surface area contributed by atoms with Gasteiger partial charge in [-0.15, -0.1) is 0 Å². The van der Waals surface area contributed by atoms with Gasteiger partial charge in [0.25, 0.3) is 0 Å². The number of hydrogen-bond donors (Lipinski definition) is 1. The van der Waals surface area contributed by atoms with Crippen LogP contribution in [0.5, 0.6) is 5.75 Å². The Balaban J connectivity index is 2.44. The third-order valence-corrected chi connectivity index (χ3v) is 1.88. The van der Waals surface area contributed by atoms with Gasteiger partial charge >= 0.3 is 0 Å². The van der Waals surface area contributed by atoms with Gasteiger partial charge in [0, 0.05) is 18.1 Å². The van der Waals surface area contributed by atoms with E-state index in [1.54, 1.807) is 12.1 Å². The molecule has 0 saturated carbocycles. The summed E-state index contributed by atoms with van der Waals surface area (Å²) in [4.78, 5) is 0. The maximum atomic E-state index is 12.7. The average molecular weight is 195 g/mol. The molecule has 0 aliphatic heterocycles. The second-order valence-corrected chi connectivity index (χ2v) is 2.88. The zero-order chi connectivity index (χ0) is 10.1. The third-order valence-electron chi connectivity index (χ3n) is 1.88. The first-order chi connectivity index (χ1) is 6.66. The van der Waals surface area contributed by atoms with Gasteiger partial charge in [-0.05, 0) is 24.3 Å². The Morgan fingerprint density at radius 1 is 0.929 bits per heavy atom. The highest BCUT2D eigenvalue weighted by Gasteiger charge is 2.05. The van der Waals surface area contributed by atoms with E-state index in [1.807, 2.05) is 0 Å². The van der Waals surface area contributed by atoms with Crippen molar-refractivity contribution in [1.82, 2.24) is 4.57 Å². The van der Waals surface area contributed by atoms with Gasteiger partial charge in [-0.25, -0.2) is 8.78 Å². The van der Waals surface area contributed by atoms with Gasteiger partial charge in [0.15, 0.2) is 11.6 Å². The molecule has 1 heterocycles. The fraction of sp³-hybridized carbons (Fsp3) is 0. The zero-order valence-electron chi connectivity index (χ0n) is 7.11. The Hall–Kier alpha value is -1.84. The minimum Gasteiger partial charge on any atom is -0.508 e. The van der Waals surface area contributed by atoms with Crippen LogP contribution in [0.3, 0.4) is 0 Å². The SMILES string of the molecule is Oc1ccc(-n2cc(F)c(F)c2)cc1. The maximum absolute atomic E-state index is 12.7. The molecule has 72 valence electrons. The molecule has 0 amide bonds. The van der Waals surface area contributed by atoms with Gasteiger partial charge in [0.2, 0.25) is 0 Å². The average Bonchev–Trinajstić information content (AvgIpc) is 2.48. The topological polar surface area (TPSA) is 25.2 Å². The number of hydrogen-bond acceptors (Lipinski definition) is 1. The van der Waals surface area contributed by atoms with Crippen molar-refractivity contribution in [2.75, 3.05) is 0 Å². The molecular formula is C10H7F2NO. The van der Waals surface area contributed by atoms with Gasteiger partial charge in [0.1, 0.15) is 5.75 Å². The lowest BCUT2D eigenvalue weighted by Gasteiger charge is -2.01. The smallest absolute Gasteiger partial charge is 0.176 e. The van der Waals surface area contributed by atoms with Gasteiger partial charge in [-0.1, -0.05) is 0 Å². The fourth-order valence-corrected chi connectivity index (χ4v) is 1.18. The summed E-state index contributed by atoms with van der Waals surface area (Å²) < 4.78 is 26.6. The second-order valence-electron chi connectivity index (χ2n) is 2.88. The van der Waals surface area contributed by atoms with Crippen LogP contribution in [0.1, 0.15) is 0 Å². The molecule has 1 aromatic carbocycles. The second kappa shape index (κ2) is 3.14. The van der Waals surface area contributed by atoms with E-state index in [0.717, 1.165) is 12.4 Å². The quantitative estimate of drug-likeness (QED) is 0.742. The van der Waals surface area contributed by atoms with Crippen LogP contribution in [-0.2, 0) is 0 Å². The summed E-state index contributed by atoms with van der Waals surface area (Å²) in [6, 6.07) is 6.03. The lowest BCUT2D eigenvalue weighted by Crippen LogP contribution is -1.88. The summed E-state index contributed by atoms with van der Waals surface area (Å²) in [5, 5.41) is 9.01. The molecule has 0 bridgehead atoms. The molecule has 0 spiro atoms. The first kappa shape index (κ1) is 8.74. The minimum atomic E-state index is -0.891. The molecule has 0 saturated heterocycles. The van der Waals surface area contributed by atoms with Crippen LogP contribution in [0.4, 0.5) is 8.78 Å². The number of rotatable bonds is 1. The summed E-state index contributed by atoms with van der Waals surface area (Å²) in [5.74, 6) is -1.67. The Morgan fingerprint density at radius 2 is 1.43 bits per heavy atom. The highest BCUT2D eigenvalue weighted by Crippen LogP contribution is 2.16. The fourth-order valence-electron chi connectivity index (χ4n) is 1.18. The van der Waals surface area contributed by atoms with Crippen LogP contribution in [-0.4, -0.2) is 9.67 Å². The lowest BCUT2D eigenvalue weighted by molar-refractivity contribution is 0.475. The summed E-state index contributed by atoms with van der Waals surface area (Å²) in [5.41, 5.74) is 0.589. The predicted octanol–water partition coefficient (Wildman–Crippen LogP) is 2.46. The Labute approximate surface area is 79.0 Å². The Bertz CT molecular complexity index is 428. The normalized spacial score (nSPS) is 10.4. The molecule has 0 atom stereocenters. The molecule has 0 radical (unpaired) electrons. The van der Waals surface area contributed by atoms with E-state index in [1.165, 1.54) is 16.7 Å². The Kier molecular flexibility index (Phi) is 1.96. The summed E-state index contributed by atoms with van der Waals surface area (Å²) in [7, 11) is 0. The highest BCUT2D eigenvalue weighted by atomic mass is 19.2. The van der Waals surface area contributed by atoms with Gasteiger partial charge in [-0.2, -0.15) is 0 Å². The molecule has 0 aliphatic carbocycles. The van der Waals surface area contributed by atoms with E-state index in [2.05, 4.69) is 0 Å². The van der Waals surface area contributed by atoms with Crippen LogP contribution in [0.15, 0.2) is 36.7 Å². The molecule has 14 heavy (non-hydrogen) atoms. The molecule has 1 aromatic heterocycles. The van der Waals surface area contributed by atoms with Crippen molar-refractivity contribution in [3.63, 3.8) is 0 Å². The van der Waals surface area contributed by atoms with Crippen molar-refractivity contribution >= 4 is 0 Å². The molecule has 1 N–H and O–H groups in total. The number of halogens is 2. The molecule has 0 unspecified atom stereocenters. The van der Waals surface area contributed by atoms with E-state index < -0.39 is 11.6 Å². The van der Waals surface area contributed by atoms with Crippen LogP contribution >= 0.6 is 0 Å². The van der Waals surface area contributed by atoms with Gasteiger partial charge < -0.3 is 9.67 Å². The van der Waals surface area contributed by atoms with Crippen molar-refractivity contribution in [1.29, 1.82) is 0 Å². The first-order valence-corrected chi connectivity index (χ1v) is 3.99. The number of nitrogens with zero attached hydrogens (tertiary/aromatic N) is 1. The molecule has 2 aromatic rings. The van der Waals surface area contributed by atoms with Crippen LogP contribution < -0.4 is 0 Å². The molecular weight excluding hydrogens is 188 g/mol. The molecule has 4 heteroatoms. The van der Waals surface area contributed by atoms with Crippen molar-refractivity contribution in [3.05, 3.63) is 48.3 Å². The summed E-state index contributed by atoms with van der Waals surface area (Å²) >= 11 is 0. The number of aromatic nitrogens is 1. The van der Waals surface area contributed by atoms with Crippen molar-refractivity contribution < 1.29 is 13.9 Å². The van der Waals surface area contributed by atoms with Gasteiger partial charge in [-0.3, -0.25) is 0 Å². The zero-order valence-corrected chi connectivity index (χ0v) is 7.11. The molecule has 2 nitrogen and oxygen atoms in total. The third kappa shape index (κ3) is 1.46. The summed E-state index contributed by atoms with van der Waals surface area (Å²) in [6.45, 7) is 0. The van der Waals surface area contributed by atoms with Crippen molar-refractivity contribution in [3.8, 4) is 11.4 Å². The standard InChI is InChI=1S/C10H7F2NO/c11-9-5-13(6-10(9)12)7-1-3-8(14)4-2-7/h1-6,14H. The number of phenolic OH excluding ortho intramolecular Hbond substituents is 1. The number of aromatic hydroxyl groups is 1. The van der Waals surface area contributed by atoms with Crippen LogP contribution in [0.25, 0.3) is 5.69 Å². The van der Waals surface area contributed by atoms with Crippen LogP contribution in [0, 0.1) is 11.6 Å². The number of benzene rings is 1. The largest absolute Gasteiger partial charge is 0.508 e. The van der Waals surface area contributed by atoms with E-state index in [9.17, 15) is 8.78 Å². The van der Waals surface area contributed by atoms with Crippen LogP contribution in [0.2, 0.25) is 0 Å². The molecule has 2 rings (SSSR count). The highest BCUT2D eigenvalue weighted by molar-refractivity contribution is 5.37. The Morgan fingerprint density at radius 3 is 1.93 bits per heavy atom. The predicted molar refractivity (Wildman–Crippen MR) is 47.3 cm³/mol. The molecule has 0 fully saturated rings. The monoisotopic (exact) mass is 195 g/mol. The maximum Gasteiger partial charge on any atom is 0.176 e. The van der Waals surface area contributed by atoms with Gasteiger partial charge in [0.05, 0.1) is 0 Å².